The highest BCUT2D eigenvalue weighted by atomic mass is 19.1. The molecule has 0 radical (unpaired) electrons. The average molecular weight is 156 g/mol. The predicted molar refractivity (Wildman–Crippen MR) is 37.1 cm³/mol. The van der Waals surface area contributed by atoms with Crippen LogP contribution in [0.4, 0.5) is 4.39 Å². The van der Waals surface area contributed by atoms with Gasteiger partial charge in [0.25, 0.3) is 0 Å². The summed E-state index contributed by atoms with van der Waals surface area (Å²) in [4.78, 5) is 10.6. The first-order valence-corrected chi connectivity index (χ1v) is 3.08. The molecule has 0 bridgehead atoms. The normalized spacial score (nSPS) is 17.5. The average Bonchev–Trinajstić information content (AvgIpc) is 1.94. The minimum atomic E-state index is -1.91. The van der Waals surface area contributed by atoms with Gasteiger partial charge in [0.15, 0.2) is 5.78 Å². The molecule has 0 aromatic rings. The van der Waals surface area contributed by atoms with Gasteiger partial charge < -0.3 is 10.0 Å². The molecule has 1 aliphatic rings. The van der Waals surface area contributed by atoms with E-state index in [0.29, 0.717) is 0 Å². The van der Waals surface area contributed by atoms with Crippen LogP contribution in [0.2, 0.25) is 0 Å². The molecule has 5 heteroatoms. The maximum Gasteiger partial charge on any atom is 0.491 e. The summed E-state index contributed by atoms with van der Waals surface area (Å²) in [7, 11) is -1.91. The molecule has 0 aliphatic heterocycles. The van der Waals surface area contributed by atoms with Crippen molar-refractivity contribution < 1.29 is 19.2 Å². The highest BCUT2D eigenvalue weighted by Gasteiger charge is 2.23. The summed E-state index contributed by atoms with van der Waals surface area (Å²) in [6.45, 7) is 0. The second-order valence-electron chi connectivity index (χ2n) is 2.20. The zero-order valence-corrected chi connectivity index (χ0v) is 5.62. The molecule has 58 valence electrons. The number of carbonyl (C=O) groups excluding carboxylic acids is 1. The lowest BCUT2D eigenvalue weighted by atomic mass is 9.76. The third kappa shape index (κ3) is 1.75. The number of halogens is 1. The standard InChI is InChI=1S/C6H6BFO3/c8-6-2-1-4(9)3-5(6)7(10)11/h2-3,10-11H,1H2. The zero-order chi connectivity index (χ0) is 8.43. The lowest BCUT2D eigenvalue weighted by Crippen LogP contribution is -2.19. The smallest absolute Gasteiger partial charge is 0.423 e. The molecule has 0 unspecified atom stereocenters. The van der Waals surface area contributed by atoms with Crippen LogP contribution in [0, 0.1) is 0 Å². The highest BCUT2D eigenvalue weighted by molar-refractivity contribution is 6.53. The predicted octanol–water partition coefficient (Wildman–Crippen LogP) is -0.249. The van der Waals surface area contributed by atoms with E-state index in [-0.39, 0.29) is 17.7 Å². The highest BCUT2D eigenvalue weighted by Crippen LogP contribution is 2.18. The molecular weight excluding hydrogens is 150 g/mol. The van der Waals surface area contributed by atoms with E-state index < -0.39 is 12.9 Å². The van der Waals surface area contributed by atoms with Gasteiger partial charge >= 0.3 is 7.12 Å². The molecule has 0 saturated heterocycles. The Kier molecular flexibility index (Phi) is 2.21. The number of allylic oxidation sites excluding steroid dienone is 4. The maximum atomic E-state index is 12.6. The first-order valence-electron chi connectivity index (χ1n) is 3.08. The number of rotatable bonds is 1. The number of hydrogen-bond acceptors (Lipinski definition) is 3. The fourth-order valence-corrected chi connectivity index (χ4v) is 0.807. The molecule has 0 heterocycles. The monoisotopic (exact) mass is 156 g/mol. The van der Waals surface area contributed by atoms with Crippen molar-refractivity contribution in [3.63, 3.8) is 0 Å². The fraction of sp³-hybridized carbons (Fsp3) is 0.167. The van der Waals surface area contributed by atoms with Crippen LogP contribution in [0.1, 0.15) is 6.42 Å². The summed E-state index contributed by atoms with van der Waals surface area (Å²) in [5.74, 6) is -1.06. The Morgan fingerprint density at radius 3 is 2.64 bits per heavy atom. The van der Waals surface area contributed by atoms with E-state index in [1.807, 2.05) is 0 Å². The van der Waals surface area contributed by atoms with Crippen LogP contribution < -0.4 is 0 Å². The van der Waals surface area contributed by atoms with E-state index in [2.05, 4.69) is 0 Å². The third-order valence-electron chi connectivity index (χ3n) is 1.35. The number of ketones is 1. The molecule has 0 aromatic heterocycles. The Balaban J connectivity index is 2.90. The summed E-state index contributed by atoms with van der Waals surface area (Å²) >= 11 is 0. The lowest BCUT2D eigenvalue weighted by molar-refractivity contribution is -0.114. The van der Waals surface area contributed by atoms with Crippen LogP contribution in [0.3, 0.4) is 0 Å². The molecule has 0 atom stereocenters. The number of carbonyl (C=O) groups is 1. The first-order chi connectivity index (χ1) is 5.11. The minimum Gasteiger partial charge on any atom is -0.423 e. The Labute approximate surface area is 63.0 Å². The van der Waals surface area contributed by atoms with Crippen molar-refractivity contribution >= 4 is 12.9 Å². The largest absolute Gasteiger partial charge is 0.491 e. The molecule has 0 spiro atoms. The topological polar surface area (TPSA) is 57.5 Å². The van der Waals surface area contributed by atoms with Gasteiger partial charge in [0.05, 0.1) is 0 Å². The van der Waals surface area contributed by atoms with Crippen molar-refractivity contribution in [1.82, 2.24) is 0 Å². The van der Waals surface area contributed by atoms with Gasteiger partial charge in [-0.05, 0) is 12.2 Å². The first kappa shape index (κ1) is 8.16. The lowest BCUT2D eigenvalue weighted by Gasteiger charge is -2.06. The summed E-state index contributed by atoms with van der Waals surface area (Å²) in [5.41, 5.74) is -0.360. The van der Waals surface area contributed by atoms with Crippen molar-refractivity contribution in [3.8, 4) is 0 Å². The van der Waals surface area contributed by atoms with Crippen molar-refractivity contribution in [3.05, 3.63) is 23.5 Å². The van der Waals surface area contributed by atoms with Gasteiger partial charge in [-0.1, -0.05) is 0 Å². The molecule has 3 nitrogen and oxygen atoms in total. The Morgan fingerprint density at radius 1 is 1.55 bits per heavy atom. The molecule has 2 N–H and O–H groups in total. The molecule has 0 amide bonds. The van der Waals surface area contributed by atoms with Crippen molar-refractivity contribution in [1.29, 1.82) is 0 Å². The van der Waals surface area contributed by atoms with Gasteiger partial charge in [-0.2, -0.15) is 0 Å². The van der Waals surface area contributed by atoms with Crippen LogP contribution in [0.5, 0.6) is 0 Å². The quantitative estimate of drug-likeness (QED) is 0.514. The Bertz CT molecular complexity index is 244. The Morgan fingerprint density at radius 2 is 2.18 bits per heavy atom. The molecule has 0 aromatic carbocycles. The zero-order valence-electron chi connectivity index (χ0n) is 5.62. The van der Waals surface area contributed by atoms with Gasteiger partial charge in [0.2, 0.25) is 0 Å². The van der Waals surface area contributed by atoms with E-state index in [0.717, 1.165) is 12.2 Å². The van der Waals surface area contributed by atoms with E-state index in [9.17, 15) is 9.18 Å². The summed E-state index contributed by atoms with van der Waals surface area (Å²) in [6.07, 6.45) is 1.92. The second kappa shape index (κ2) is 2.98. The molecular formula is C6H6BFO3. The van der Waals surface area contributed by atoms with Gasteiger partial charge in [0.1, 0.15) is 5.83 Å². The van der Waals surface area contributed by atoms with Gasteiger partial charge in [-0.15, -0.1) is 0 Å². The third-order valence-corrected chi connectivity index (χ3v) is 1.35. The summed E-state index contributed by atoms with van der Waals surface area (Å²) < 4.78 is 12.6. The van der Waals surface area contributed by atoms with Crippen molar-refractivity contribution in [2.75, 3.05) is 0 Å². The summed E-state index contributed by atoms with van der Waals surface area (Å²) in [5, 5.41) is 17.0. The van der Waals surface area contributed by atoms with Crippen LogP contribution in [-0.2, 0) is 4.79 Å². The van der Waals surface area contributed by atoms with E-state index in [1.54, 1.807) is 0 Å². The van der Waals surface area contributed by atoms with Crippen LogP contribution >= 0.6 is 0 Å². The van der Waals surface area contributed by atoms with E-state index in [4.69, 9.17) is 10.0 Å². The van der Waals surface area contributed by atoms with Gasteiger partial charge in [-0.3, -0.25) is 4.79 Å². The van der Waals surface area contributed by atoms with Gasteiger partial charge in [0, 0.05) is 11.9 Å². The second-order valence-corrected chi connectivity index (χ2v) is 2.20. The molecule has 11 heavy (non-hydrogen) atoms. The fourth-order valence-electron chi connectivity index (χ4n) is 0.807. The maximum absolute atomic E-state index is 12.6. The van der Waals surface area contributed by atoms with Crippen molar-refractivity contribution in [2.24, 2.45) is 0 Å². The van der Waals surface area contributed by atoms with Crippen LogP contribution in [0.15, 0.2) is 23.5 Å². The molecule has 0 fully saturated rings. The van der Waals surface area contributed by atoms with Gasteiger partial charge in [-0.25, -0.2) is 4.39 Å². The van der Waals surface area contributed by atoms with Crippen molar-refractivity contribution in [2.45, 2.75) is 6.42 Å². The van der Waals surface area contributed by atoms with Crippen LogP contribution in [-0.4, -0.2) is 22.9 Å². The Hall–Kier alpha value is -0.935. The SMILES string of the molecule is O=C1C=C(B(O)O)C(F)=CC1. The van der Waals surface area contributed by atoms with Crippen LogP contribution in [0.25, 0.3) is 0 Å². The molecule has 0 saturated carbocycles. The van der Waals surface area contributed by atoms with E-state index >= 15 is 0 Å². The molecule has 1 rings (SSSR count). The minimum absolute atomic E-state index is 0.0119. The molecule has 1 aliphatic carbocycles. The number of hydrogen-bond donors (Lipinski definition) is 2. The van der Waals surface area contributed by atoms with E-state index in [1.165, 1.54) is 0 Å². The summed E-state index contributed by atoms with van der Waals surface area (Å²) in [6, 6.07) is 0.